The van der Waals surface area contributed by atoms with Crippen molar-refractivity contribution in [1.29, 1.82) is 0 Å². The third-order valence-electron chi connectivity index (χ3n) is 8.00. The number of alkyl halides is 3. The molecule has 3 aromatic rings. The molecule has 212 valence electrons. The minimum Gasteiger partial charge on any atom is -0.390 e. The van der Waals surface area contributed by atoms with E-state index in [-0.39, 0.29) is 29.1 Å². The second-order valence-electron chi connectivity index (χ2n) is 10.7. The zero-order valence-corrected chi connectivity index (χ0v) is 21.4. The van der Waals surface area contributed by atoms with Crippen molar-refractivity contribution in [3.05, 3.63) is 70.2 Å². The van der Waals surface area contributed by atoms with E-state index in [1.807, 2.05) is 4.90 Å². The Morgan fingerprint density at radius 2 is 1.79 bits per heavy atom. The molecule has 39 heavy (non-hydrogen) atoms. The second kappa shape index (κ2) is 10.8. The number of H-pyrrole nitrogens is 1. The molecule has 2 unspecified atom stereocenters. The minimum absolute atomic E-state index is 0.0166. The molecule has 0 saturated carbocycles. The van der Waals surface area contributed by atoms with Gasteiger partial charge in [0.15, 0.2) is 0 Å². The number of aromatic amines is 1. The van der Waals surface area contributed by atoms with Gasteiger partial charge < -0.3 is 20.1 Å². The number of nitrogens with one attached hydrogen (secondary N) is 1. The number of hydrogen-bond acceptors (Lipinski definition) is 4. The Balaban J connectivity index is 1.55. The molecule has 2 aromatic carbocycles. The summed E-state index contributed by atoms with van der Waals surface area (Å²) in [6.07, 6.45) is -0.578. The first kappa shape index (κ1) is 27.9. The van der Waals surface area contributed by atoms with Crippen molar-refractivity contribution in [3.8, 4) is 0 Å². The summed E-state index contributed by atoms with van der Waals surface area (Å²) < 4.78 is 87.5. The number of fused-ring (bicyclic) bond motifs is 3. The first-order chi connectivity index (χ1) is 18.5. The molecule has 3 heterocycles. The molecule has 0 radical (unpaired) electrons. The van der Waals surface area contributed by atoms with Crippen LogP contribution in [-0.2, 0) is 6.42 Å². The van der Waals surface area contributed by atoms with Crippen LogP contribution in [-0.4, -0.2) is 76.4 Å². The zero-order chi connectivity index (χ0) is 28.1. The van der Waals surface area contributed by atoms with E-state index in [4.69, 9.17) is 0 Å². The van der Waals surface area contributed by atoms with Crippen LogP contribution < -0.4 is 0 Å². The van der Waals surface area contributed by atoms with Gasteiger partial charge >= 0.3 is 0 Å². The van der Waals surface area contributed by atoms with Crippen molar-refractivity contribution < 1.29 is 36.6 Å². The Kier molecular flexibility index (Phi) is 7.71. The molecule has 1 fully saturated rings. The fourth-order valence-electron chi connectivity index (χ4n) is 6.00. The molecular weight excluding hydrogens is 524 g/mol. The van der Waals surface area contributed by atoms with Gasteiger partial charge in [-0.1, -0.05) is 12.1 Å². The number of aliphatic hydroxyl groups is 2. The van der Waals surface area contributed by atoms with Crippen LogP contribution in [0.25, 0.3) is 10.9 Å². The average Bonchev–Trinajstić information content (AvgIpc) is 3.23. The van der Waals surface area contributed by atoms with Gasteiger partial charge in [0.25, 0.3) is 5.92 Å². The van der Waals surface area contributed by atoms with E-state index in [0.29, 0.717) is 37.0 Å². The van der Waals surface area contributed by atoms with Crippen LogP contribution >= 0.6 is 0 Å². The quantitative estimate of drug-likeness (QED) is 0.330. The fourth-order valence-corrected chi connectivity index (χ4v) is 6.00. The maximum Gasteiger partial charge on any atom is 0.283 e. The number of halogens is 6. The number of nitrogens with zero attached hydrogens (tertiary/aromatic N) is 2. The van der Waals surface area contributed by atoms with Gasteiger partial charge in [-0.3, -0.25) is 9.29 Å². The Bertz CT molecular complexity index is 1320. The van der Waals surface area contributed by atoms with Crippen LogP contribution in [0.5, 0.6) is 0 Å². The second-order valence-corrected chi connectivity index (χ2v) is 10.7. The third kappa shape index (κ3) is 5.17. The molecule has 0 aliphatic carbocycles. The van der Waals surface area contributed by atoms with Crippen molar-refractivity contribution >= 4 is 10.9 Å². The molecule has 5 rings (SSSR count). The fraction of sp³-hybridized carbons (Fsp3) is 0.500. The molecule has 1 saturated heterocycles. The van der Waals surface area contributed by atoms with Gasteiger partial charge in [0, 0.05) is 48.2 Å². The lowest BCUT2D eigenvalue weighted by Crippen LogP contribution is -2.50. The number of hydrogen-bond donors (Lipinski definition) is 3. The van der Waals surface area contributed by atoms with E-state index in [1.165, 1.54) is 17.0 Å². The Morgan fingerprint density at radius 3 is 2.44 bits per heavy atom. The number of aliphatic hydroxyl groups excluding tert-OH is 2. The minimum atomic E-state index is -3.55. The summed E-state index contributed by atoms with van der Waals surface area (Å²) in [4.78, 5) is 6.06. The molecule has 0 bridgehead atoms. The van der Waals surface area contributed by atoms with Crippen LogP contribution in [0.1, 0.15) is 47.9 Å². The maximum absolute atomic E-state index is 15.8. The van der Waals surface area contributed by atoms with Gasteiger partial charge in [-0.2, -0.15) is 0 Å². The summed E-state index contributed by atoms with van der Waals surface area (Å²) in [6.45, 7) is 0.210. The van der Waals surface area contributed by atoms with Crippen molar-refractivity contribution in [1.82, 2.24) is 14.8 Å². The Morgan fingerprint density at radius 1 is 1.10 bits per heavy atom. The van der Waals surface area contributed by atoms with Gasteiger partial charge in [-0.05, 0) is 49.1 Å². The van der Waals surface area contributed by atoms with E-state index in [1.54, 1.807) is 13.0 Å². The average molecular weight is 556 g/mol. The summed E-state index contributed by atoms with van der Waals surface area (Å²) in [6, 6.07) is 4.44. The molecule has 0 amide bonds. The van der Waals surface area contributed by atoms with E-state index in [0.717, 1.165) is 12.1 Å². The molecule has 3 atom stereocenters. The molecule has 0 spiro atoms. The van der Waals surface area contributed by atoms with Crippen LogP contribution in [0.15, 0.2) is 30.3 Å². The van der Waals surface area contributed by atoms with E-state index in [2.05, 4.69) is 4.98 Å². The number of rotatable bonds is 9. The molecule has 11 heteroatoms. The predicted molar refractivity (Wildman–Crippen MR) is 134 cm³/mol. The topological polar surface area (TPSA) is 62.7 Å². The van der Waals surface area contributed by atoms with Crippen molar-refractivity contribution in [2.75, 3.05) is 39.5 Å². The highest BCUT2D eigenvalue weighted by atomic mass is 19.3. The summed E-state index contributed by atoms with van der Waals surface area (Å²) >= 11 is 0. The van der Waals surface area contributed by atoms with Crippen LogP contribution in [0, 0.1) is 23.4 Å². The summed E-state index contributed by atoms with van der Waals surface area (Å²) in [5, 5.41) is 20.5. The number of aromatic nitrogens is 1. The first-order valence-electron chi connectivity index (χ1n) is 13.0. The SMILES string of the molecule is C[C@@H]1Cc2c([nH]c3c(F)cccc23)C(c2c(F)cc(C(O)C3CN(CCCF)C3)cc2F)N1CC(F)(F)CO. The summed E-state index contributed by atoms with van der Waals surface area (Å²) in [5.41, 5.74) is 0.415. The normalized spacial score (nSPS) is 21.8. The lowest BCUT2D eigenvalue weighted by Gasteiger charge is -2.43. The number of para-hydroxylation sites is 1. The molecule has 1 aromatic heterocycles. The molecular formula is C28H31F6N3O2. The zero-order valence-electron chi connectivity index (χ0n) is 21.4. The highest BCUT2D eigenvalue weighted by molar-refractivity contribution is 5.86. The van der Waals surface area contributed by atoms with Gasteiger partial charge in [0.05, 0.1) is 30.9 Å². The number of likely N-dealkylation sites (tertiary alicyclic amines) is 1. The highest BCUT2D eigenvalue weighted by Crippen LogP contribution is 2.44. The van der Waals surface area contributed by atoms with Gasteiger partial charge in [-0.25, -0.2) is 22.0 Å². The monoisotopic (exact) mass is 555 g/mol. The molecule has 3 N–H and O–H groups in total. The van der Waals surface area contributed by atoms with Gasteiger partial charge in [-0.15, -0.1) is 0 Å². The Hall–Kier alpha value is -2.60. The first-order valence-corrected chi connectivity index (χ1v) is 13.0. The van der Waals surface area contributed by atoms with Crippen LogP contribution in [0.4, 0.5) is 26.3 Å². The lowest BCUT2D eigenvalue weighted by atomic mass is 9.85. The third-order valence-corrected chi connectivity index (χ3v) is 8.00. The van der Waals surface area contributed by atoms with E-state index in [9.17, 15) is 27.8 Å². The smallest absolute Gasteiger partial charge is 0.283 e. The summed E-state index contributed by atoms with van der Waals surface area (Å²) in [5.74, 6) is -6.48. The Labute approximate surface area is 222 Å². The van der Waals surface area contributed by atoms with Crippen molar-refractivity contribution in [2.24, 2.45) is 5.92 Å². The molecule has 2 aliphatic rings. The van der Waals surface area contributed by atoms with Gasteiger partial charge in [0.1, 0.15) is 24.1 Å². The number of benzene rings is 2. The van der Waals surface area contributed by atoms with Gasteiger partial charge in [0.2, 0.25) is 0 Å². The predicted octanol–water partition coefficient (Wildman–Crippen LogP) is 4.87. The lowest BCUT2D eigenvalue weighted by molar-refractivity contribution is -0.0869. The van der Waals surface area contributed by atoms with E-state index < -0.39 is 67.0 Å². The van der Waals surface area contributed by atoms with Crippen molar-refractivity contribution in [3.63, 3.8) is 0 Å². The molecule has 2 aliphatic heterocycles. The standard InChI is InChI=1S/C28H31F6N3O2/c1-15-8-19-18-4-2-5-20(30)24(18)35-25(19)26(37(15)13-28(33,34)14-38)23-21(31)9-16(10-22(23)32)27(39)17-11-36(12-17)7-3-6-29/h2,4-5,9-10,15,17,26-27,35,38-39H,3,6-8,11-14H2,1H3/t15-,26?,27?/m1/s1. The van der Waals surface area contributed by atoms with Crippen LogP contribution in [0.2, 0.25) is 0 Å². The summed E-state index contributed by atoms with van der Waals surface area (Å²) in [7, 11) is 0. The van der Waals surface area contributed by atoms with E-state index >= 15 is 8.78 Å². The molecule has 5 nitrogen and oxygen atoms in total. The highest BCUT2D eigenvalue weighted by Gasteiger charge is 2.44. The van der Waals surface area contributed by atoms with Crippen molar-refractivity contribution in [2.45, 2.75) is 43.9 Å². The largest absolute Gasteiger partial charge is 0.390 e. The maximum atomic E-state index is 15.8. The van der Waals surface area contributed by atoms with Crippen LogP contribution in [0.3, 0.4) is 0 Å².